The van der Waals surface area contributed by atoms with Crippen molar-refractivity contribution in [2.75, 3.05) is 13.7 Å². The Bertz CT molecular complexity index is 716. The summed E-state index contributed by atoms with van der Waals surface area (Å²) in [6.07, 6.45) is 0.215. The molecule has 2 rings (SSSR count). The molecule has 1 amide bonds. The van der Waals surface area contributed by atoms with E-state index < -0.39 is 5.82 Å². The second-order valence-corrected chi connectivity index (χ2v) is 5.40. The lowest BCUT2D eigenvalue weighted by Crippen LogP contribution is -2.21. The summed E-state index contributed by atoms with van der Waals surface area (Å²) in [5.74, 6) is 0.312. The lowest BCUT2D eigenvalue weighted by Gasteiger charge is -2.16. The highest BCUT2D eigenvalue weighted by molar-refractivity contribution is 5.78. The molecule has 4 nitrogen and oxygen atoms in total. The normalized spacial score (nSPS) is 10.3. The first-order chi connectivity index (χ1) is 11.5. The smallest absolute Gasteiger partial charge is 0.224 e. The SMILES string of the molecule is CCOc1cccc(CC(=O)NC)c1COc1ccc(C)cc1F. The van der Waals surface area contributed by atoms with E-state index in [1.807, 2.05) is 32.0 Å². The van der Waals surface area contributed by atoms with Gasteiger partial charge in [-0.3, -0.25) is 4.79 Å². The van der Waals surface area contributed by atoms with Gasteiger partial charge in [0, 0.05) is 12.6 Å². The lowest BCUT2D eigenvalue weighted by molar-refractivity contribution is -0.119. The Morgan fingerprint density at radius 1 is 1.17 bits per heavy atom. The molecule has 0 aliphatic heterocycles. The Balaban J connectivity index is 2.26. The molecule has 0 aliphatic carbocycles. The van der Waals surface area contributed by atoms with Crippen LogP contribution in [0.1, 0.15) is 23.6 Å². The molecule has 5 heteroatoms. The number of aryl methyl sites for hydroxylation is 1. The molecule has 0 unspecified atom stereocenters. The second kappa shape index (κ2) is 8.34. The highest BCUT2D eigenvalue weighted by Gasteiger charge is 2.14. The zero-order chi connectivity index (χ0) is 17.5. The molecule has 0 heterocycles. The van der Waals surface area contributed by atoms with E-state index in [4.69, 9.17) is 9.47 Å². The van der Waals surface area contributed by atoms with Crippen LogP contribution in [0.2, 0.25) is 0 Å². The van der Waals surface area contributed by atoms with Crippen molar-refractivity contribution in [3.63, 3.8) is 0 Å². The van der Waals surface area contributed by atoms with Crippen molar-refractivity contribution in [1.29, 1.82) is 0 Å². The molecule has 0 saturated carbocycles. The molecule has 0 aromatic heterocycles. The van der Waals surface area contributed by atoms with E-state index >= 15 is 0 Å². The van der Waals surface area contributed by atoms with Crippen molar-refractivity contribution in [3.05, 3.63) is 58.9 Å². The number of amides is 1. The van der Waals surface area contributed by atoms with E-state index in [1.54, 1.807) is 19.2 Å². The van der Waals surface area contributed by atoms with E-state index in [-0.39, 0.29) is 24.7 Å². The van der Waals surface area contributed by atoms with Gasteiger partial charge in [-0.25, -0.2) is 4.39 Å². The number of hydrogen-bond acceptors (Lipinski definition) is 3. The van der Waals surface area contributed by atoms with Crippen LogP contribution < -0.4 is 14.8 Å². The Labute approximate surface area is 141 Å². The molecule has 0 fully saturated rings. The first kappa shape index (κ1) is 17.8. The third-order valence-electron chi connectivity index (χ3n) is 3.62. The third-order valence-corrected chi connectivity index (χ3v) is 3.62. The van der Waals surface area contributed by atoms with Crippen LogP contribution in [0.15, 0.2) is 36.4 Å². The van der Waals surface area contributed by atoms with Gasteiger partial charge < -0.3 is 14.8 Å². The summed E-state index contributed by atoms with van der Waals surface area (Å²) in [6.45, 7) is 4.33. The molecule has 1 N–H and O–H groups in total. The van der Waals surface area contributed by atoms with E-state index in [0.717, 1.165) is 16.7 Å². The van der Waals surface area contributed by atoms with Gasteiger partial charge in [-0.2, -0.15) is 0 Å². The number of halogens is 1. The molecule has 0 spiro atoms. The van der Waals surface area contributed by atoms with Gasteiger partial charge in [-0.15, -0.1) is 0 Å². The maximum Gasteiger partial charge on any atom is 0.224 e. The maximum absolute atomic E-state index is 13.9. The lowest BCUT2D eigenvalue weighted by atomic mass is 10.0. The van der Waals surface area contributed by atoms with Crippen LogP contribution in [0.4, 0.5) is 4.39 Å². The molecule has 2 aromatic rings. The van der Waals surface area contributed by atoms with Crippen molar-refractivity contribution < 1.29 is 18.7 Å². The highest BCUT2D eigenvalue weighted by Crippen LogP contribution is 2.26. The fourth-order valence-corrected chi connectivity index (χ4v) is 2.37. The van der Waals surface area contributed by atoms with Gasteiger partial charge in [0.15, 0.2) is 11.6 Å². The third kappa shape index (κ3) is 4.47. The number of rotatable bonds is 7. The number of hydrogen-bond donors (Lipinski definition) is 1. The average molecular weight is 331 g/mol. The van der Waals surface area contributed by atoms with Crippen LogP contribution in [-0.2, 0) is 17.8 Å². The van der Waals surface area contributed by atoms with E-state index in [9.17, 15) is 9.18 Å². The fourth-order valence-electron chi connectivity index (χ4n) is 2.37. The molecule has 0 saturated heterocycles. The molecular formula is C19H22FNO3. The number of carbonyl (C=O) groups excluding carboxylic acids is 1. The van der Waals surface area contributed by atoms with Gasteiger partial charge in [0.1, 0.15) is 12.4 Å². The van der Waals surface area contributed by atoms with Crippen molar-refractivity contribution in [2.45, 2.75) is 26.9 Å². The van der Waals surface area contributed by atoms with E-state index in [0.29, 0.717) is 12.4 Å². The van der Waals surface area contributed by atoms with Crippen LogP contribution in [-0.4, -0.2) is 19.6 Å². The first-order valence-corrected chi connectivity index (χ1v) is 7.88. The Morgan fingerprint density at radius 2 is 1.96 bits per heavy atom. The van der Waals surface area contributed by atoms with Crippen molar-refractivity contribution >= 4 is 5.91 Å². The summed E-state index contributed by atoms with van der Waals surface area (Å²) in [6, 6.07) is 10.3. The quantitative estimate of drug-likeness (QED) is 0.846. The summed E-state index contributed by atoms with van der Waals surface area (Å²) >= 11 is 0. The summed E-state index contributed by atoms with van der Waals surface area (Å²) in [5.41, 5.74) is 2.38. The minimum absolute atomic E-state index is 0.105. The predicted octanol–water partition coefficient (Wildman–Crippen LogP) is 3.40. The summed E-state index contributed by atoms with van der Waals surface area (Å²) < 4.78 is 25.2. The van der Waals surface area contributed by atoms with E-state index in [1.165, 1.54) is 6.07 Å². The van der Waals surface area contributed by atoms with Crippen molar-refractivity contribution in [3.8, 4) is 11.5 Å². The molecule has 0 radical (unpaired) electrons. The van der Waals surface area contributed by atoms with Crippen molar-refractivity contribution in [1.82, 2.24) is 5.32 Å². The minimum Gasteiger partial charge on any atom is -0.493 e. The molecule has 0 bridgehead atoms. The molecular weight excluding hydrogens is 309 g/mol. The van der Waals surface area contributed by atoms with Crippen LogP contribution in [0.25, 0.3) is 0 Å². The largest absolute Gasteiger partial charge is 0.493 e. The molecule has 0 atom stereocenters. The zero-order valence-electron chi connectivity index (χ0n) is 14.2. The van der Waals surface area contributed by atoms with Gasteiger partial charge in [0.05, 0.1) is 13.0 Å². The molecule has 2 aromatic carbocycles. The summed E-state index contributed by atoms with van der Waals surface area (Å²) in [5, 5.41) is 2.60. The molecule has 128 valence electrons. The van der Waals surface area contributed by atoms with Crippen LogP contribution in [0, 0.1) is 12.7 Å². The number of ether oxygens (including phenoxy) is 2. The standard InChI is InChI=1S/C19H22FNO3/c1-4-23-17-7-5-6-14(11-19(22)21-3)15(17)12-24-18-9-8-13(2)10-16(18)20/h5-10H,4,11-12H2,1-3H3,(H,21,22). The summed E-state index contributed by atoms with van der Waals surface area (Å²) in [4.78, 5) is 11.7. The van der Waals surface area contributed by atoms with E-state index in [2.05, 4.69) is 5.32 Å². The number of benzene rings is 2. The van der Waals surface area contributed by atoms with Crippen LogP contribution >= 0.6 is 0 Å². The minimum atomic E-state index is -0.406. The van der Waals surface area contributed by atoms with Crippen molar-refractivity contribution in [2.24, 2.45) is 0 Å². The highest BCUT2D eigenvalue weighted by atomic mass is 19.1. The van der Waals surface area contributed by atoms with Gasteiger partial charge >= 0.3 is 0 Å². The molecule has 24 heavy (non-hydrogen) atoms. The number of nitrogens with one attached hydrogen (secondary N) is 1. The number of carbonyl (C=O) groups is 1. The maximum atomic E-state index is 13.9. The monoisotopic (exact) mass is 331 g/mol. The van der Waals surface area contributed by atoms with Crippen LogP contribution in [0.5, 0.6) is 11.5 Å². The first-order valence-electron chi connectivity index (χ1n) is 7.88. The topological polar surface area (TPSA) is 47.6 Å². The molecule has 0 aliphatic rings. The predicted molar refractivity (Wildman–Crippen MR) is 90.9 cm³/mol. The summed E-state index contributed by atoms with van der Waals surface area (Å²) in [7, 11) is 1.59. The van der Waals surface area contributed by atoms with Gasteiger partial charge in [0.25, 0.3) is 0 Å². The Kier molecular flexibility index (Phi) is 6.18. The zero-order valence-corrected chi connectivity index (χ0v) is 14.2. The van der Waals surface area contributed by atoms with Gasteiger partial charge in [-0.05, 0) is 43.2 Å². The second-order valence-electron chi connectivity index (χ2n) is 5.40. The average Bonchev–Trinajstić information content (AvgIpc) is 2.56. The Hall–Kier alpha value is -2.56. The fraction of sp³-hybridized carbons (Fsp3) is 0.316. The van der Waals surface area contributed by atoms with Gasteiger partial charge in [0.2, 0.25) is 5.91 Å². The van der Waals surface area contributed by atoms with Gasteiger partial charge in [-0.1, -0.05) is 18.2 Å². The Morgan fingerprint density at radius 3 is 2.62 bits per heavy atom. The number of likely N-dealkylation sites (N-methyl/N-ethyl adjacent to an activating group) is 1. The van der Waals surface area contributed by atoms with Crippen LogP contribution in [0.3, 0.4) is 0 Å².